The Balaban J connectivity index is 1.65. The number of carbonyl (C=O) groups is 1. The van der Waals surface area contributed by atoms with Crippen LogP contribution in [0, 0.1) is 13.8 Å². The highest BCUT2D eigenvalue weighted by molar-refractivity contribution is 7.89. The van der Waals surface area contributed by atoms with Crippen LogP contribution in [0.3, 0.4) is 0 Å². The van der Waals surface area contributed by atoms with Crippen molar-refractivity contribution < 1.29 is 17.9 Å². The second-order valence-corrected chi connectivity index (χ2v) is 9.40. The van der Waals surface area contributed by atoms with Gasteiger partial charge in [-0.15, -0.1) is 0 Å². The standard InChI is InChI=1S/C22H28N2O4S/c1-16-8-7-9-17(2)21(16)28-18(3)22(25)23-19-10-12-20(13-11-19)29(26,27)24-14-5-4-6-15-24/h7-13,18H,4-6,14-15H2,1-3H3,(H,23,25). The SMILES string of the molecule is Cc1cccc(C)c1OC(C)C(=O)Nc1ccc(S(=O)(=O)N2CCCCC2)cc1. The Bertz CT molecular complexity index is 945. The molecule has 1 atom stereocenters. The zero-order valence-corrected chi connectivity index (χ0v) is 18.0. The topological polar surface area (TPSA) is 75.7 Å². The molecule has 7 heteroatoms. The average molecular weight is 417 g/mol. The Kier molecular flexibility index (Phi) is 6.59. The summed E-state index contributed by atoms with van der Waals surface area (Å²) >= 11 is 0. The first-order valence-corrected chi connectivity index (χ1v) is 11.4. The molecule has 156 valence electrons. The summed E-state index contributed by atoms with van der Waals surface area (Å²) < 4.78 is 32.8. The number of piperidine rings is 1. The van der Waals surface area contributed by atoms with Crippen LogP contribution in [-0.4, -0.2) is 37.8 Å². The molecule has 2 aromatic rings. The number of benzene rings is 2. The van der Waals surface area contributed by atoms with E-state index in [1.54, 1.807) is 19.1 Å². The molecule has 1 aliphatic rings. The van der Waals surface area contributed by atoms with E-state index in [1.807, 2.05) is 32.0 Å². The summed E-state index contributed by atoms with van der Waals surface area (Å²) in [6, 6.07) is 12.1. The van der Waals surface area contributed by atoms with E-state index in [9.17, 15) is 13.2 Å². The van der Waals surface area contributed by atoms with E-state index in [0.717, 1.165) is 30.4 Å². The van der Waals surface area contributed by atoms with E-state index in [2.05, 4.69) is 5.32 Å². The second kappa shape index (κ2) is 8.97. The number of para-hydroxylation sites is 1. The maximum Gasteiger partial charge on any atom is 0.265 e. The lowest BCUT2D eigenvalue weighted by Gasteiger charge is -2.25. The van der Waals surface area contributed by atoms with Crippen molar-refractivity contribution in [2.24, 2.45) is 0 Å². The van der Waals surface area contributed by atoms with Gasteiger partial charge in [-0.1, -0.05) is 24.6 Å². The van der Waals surface area contributed by atoms with Gasteiger partial charge in [-0.3, -0.25) is 4.79 Å². The zero-order valence-electron chi connectivity index (χ0n) is 17.1. The summed E-state index contributed by atoms with van der Waals surface area (Å²) in [4.78, 5) is 12.8. The lowest BCUT2D eigenvalue weighted by Crippen LogP contribution is -2.35. The molecule has 1 unspecified atom stereocenters. The van der Waals surface area contributed by atoms with Crippen LogP contribution in [0.25, 0.3) is 0 Å². The Hall–Kier alpha value is -2.38. The largest absolute Gasteiger partial charge is 0.480 e. The van der Waals surface area contributed by atoms with Crippen LogP contribution >= 0.6 is 0 Å². The molecule has 1 fully saturated rings. The molecule has 1 amide bonds. The molecular formula is C22H28N2O4S. The number of hydrogen-bond donors (Lipinski definition) is 1. The molecule has 6 nitrogen and oxygen atoms in total. The van der Waals surface area contributed by atoms with Crippen molar-refractivity contribution in [3.63, 3.8) is 0 Å². The number of ether oxygens (including phenoxy) is 1. The number of hydrogen-bond acceptors (Lipinski definition) is 4. The van der Waals surface area contributed by atoms with Gasteiger partial charge in [-0.25, -0.2) is 8.42 Å². The number of sulfonamides is 1. The molecular weight excluding hydrogens is 388 g/mol. The number of nitrogens with one attached hydrogen (secondary N) is 1. The van der Waals surface area contributed by atoms with Crippen molar-refractivity contribution in [2.75, 3.05) is 18.4 Å². The molecule has 0 bridgehead atoms. The highest BCUT2D eigenvalue weighted by Gasteiger charge is 2.26. The van der Waals surface area contributed by atoms with E-state index in [-0.39, 0.29) is 10.8 Å². The monoisotopic (exact) mass is 416 g/mol. The summed E-state index contributed by atoms with van der Waals surface area (Å²) in [5.41, 5.74) is 2.47. The Morgan fingerprint density at radius 2 is 1.59 bits per heavy atom. The van der Waals surface area contributed by atoms with Gasteiger partial charge in [-0.2, -0.15) is 4.31 Å². The first-order valence-electron chi connectivity index (χ1n) is 9.93. The van der Waals surface area contributed by atoms with Crippen molar-refractivity contribution in [3.8, 4) is 5.75 Å². The number of anilines is 1. The van der Waals surface area contributed by atoms with E-state index in [4.69, 9.17) is 4.74 Å². The van der Waals surface area contributed by atoms with E-state index in [0.29, 0.717) is 24.5 Å². The number of aryl methyl sites for hydroxylation is 2. The molecule has 1 saturated heterocycles. The molecule has 3 rings (SSSR count). The van der Waals surface area contributed by atoms with Crippen molar-refractivity contribution in [2.45, 2.75) is 51.0 Å². The van der Waals surface area contributed by atoms with Gasteiger partial charge in [0.05, 0.1) is 4.90 Å². The summed E-state index contributed by atoms with van der Waals surface area (Å²) in [5, 5.41) is 2.79. The number of rotatable bonds is 6. The Labute approximate surface area is 172 Å². The molecule has 1 heterocycles. The van der Waals surface area contributed by atoms with E-state index < -0.39 is 16.1 Å². The smallest absolute Gasteiger partial charge is 0.265 e. The lowest BCUT2D eigenvalue weighted by molar-refractivity contribution is -0.122. The fraction of sp³-hybridized carbons (Fsp3) is 0.409. The van der Waals surface area contributed by atoms with E-state index >= 15 is 0 Å². The van der Waals surface area contributed by atoms with Crippen molar-refractivity contribution in [3.05, 3.63) is 53.6 Å². The number of carbonyl (C=O) groups excluding carboxylic acids is 1. The molecule has 0 spiro atoms. The van der Waals surface area contributed by atoms with Gasteiger partial charge in [0.2, 0.25) is 10.0 Å². The predicted molar refractivity (Wildman–Crippen MR) is 114 cm³/mol. The van der Waals surface area contributed by atoms with Gasteiger partial charge >= 0.3 is 0 Å². The number of nitrogens with zero attached hydrogens (tertiary/aromatic N) is 1. The minimum Gasteiger partial charge on any atom is -0.480 e. The molecule has 2 aromatic carbocycles. The van der Waals surface area contributed by atoms with Crippen LogP contribution in [0.15, 0.2) is 47.4 Å². The Morgan fingerprint density at radius 1 is 1.00 bits per heavy atom. The summed E-state index contributed by atoms with van der Waals surface area (Å²) in [7, 11) is -3.48. The predicted octanol–water partition coefficient (Wildman–Crippen LogP) is 3.88. The van der Waals surface area contributed by atoms with Gasteiger partial charge in [0, 0.05) is 18.8 Å². The third-order valence-corrected chi connectivity index (χ3v) is 7.06. The highest BCUT2D eigenvalue weighted by Crippen LogP contribution is 2.25. The van der Waals surface area contributed by atoms with Gasteiger partial charge in [-0.05, 0) is 69.0 Å². The van der Waals surface area contributed by atoms with E-state index in [1.165, 1.54) is 16.4 Å². The fourth-order valence-electron chi connectivity index (χ4n) is 3.42. The third kappa shape index (κ3) is 4.97. The average Bonchev–Trinajstić information content (AvgIpc) is 2.71. The van der Waals surface area contributed by atoms with Crippen LogP contribution in [0.5, 0.6) is 5.75 Å². The molecule has 1 N–H and O–H groups in total. The molecule has 1 aliphatic heterocycles. The maximum atomic E-state index is 12.7. The molecule has 29 heavy (non-hydrogen) atoms. The minimum atomic E-state index is -3.48. The van der Waals surface area contributed by atoms with Crippen molar-refractivity contribution in [1.82, 2.24) is 4.31 Å². The molecule has 0 radical (unpaired) electrons. The molecule has 0 saturated carbocycles. The van der Waals surface area contributed by atoms with Crippen LogP contribution in [0.2, 0.25) is 0 Å². The fourth-order valence-corrected chi connectivity index (χ4v) is 4.94. The molecule has 0 aromatic heterocycles. The highest BCUT2D eigenvalue weighted by atomic mass is 32.2. The van der Waals surface area contributed by atoms with Crippen LogP contribution < -0.4 is 10.1 Å². The lowest BCUT2D eigenvalue weighted by atomic mass is 10.1. The van der Waals surface area contributed by atoms with Gasteiger partial charge in [0.1, 0.15) is 5.75 Å². The minimum absolute atomic E-state index is 0.247. The van der Waals surface area contributed by atoms with Gasteiger partial charge in [0.25, 0.3) is 5.91 Å². The normalized spacial score (nSPS) is 16.2. The first-order chi connectivity index (χ1) is 13.8. The quantitative estimate of drug-likeness (QED) is 0.775. The van der Waals surface area contributed by atoms with Gasteiger partial charge < -0.3 is 10.1 Å². The first kappa shape index (κ1) is 21.3. The molecule has 0 aliphatic carbocycles. The summed E-state index contributed by atoms with van der Waals surface area (Å²) in [5.74, 6) is 0.414. The zero-order chi connectivity index (χ0) is 21.0. The Morgan fingerprint density at radius 3 is 2.17 bits per heavy atom. The summed E-state index contributed by atoms with van der Waals surface area (Å²) in [6.07, 6.45) is 2.17. The van der Waals surface area contributed by atoms with Crippen LogP contribution in [-0.2, 0) is 14.8 Å². The van der Waals surface area contributed by atoms with Crippen LogP contribution in [0.4, 0.5) is 5.69 Å². The van der Waals surface area contributed by atoms with Crippen LogP contribution in [0.1, 0.15) is 37.3 Å². The third-order valence-electron chi connectivity index (χ3n) is 5.15. The van der Waals surface area contributed by atoms with Gasteiger partial charge in [0.15, 0.2) is 6.10 Å². The van der Waals surface area contributed by atoms with Crippen molar-refractivity contribution in [1.29, 1.82) is 0 Å². The number of amides is 1. The second-order valence-electron chi connectivity index (χ2n) is 7.46. The maximum absolute atomic E-state index is 12.7. The summed E-state index contributed by atoms with van der Waals surface area (Å²) in [6.45, 7) is 6.70. The van der Waals surface area contributed by atoms with Crippen molar-refractivity contribution >= 4 is 21.6 Å².